The van der Waals surface area contributed by atoms with Crippen LogP contribution in [0.4, 0.5) is 4.79 Å². The molecule has 0 bridgehead atoms. The van der Waals surface area contributed by atoms with E-state index in [-0.39, 0.29) is 0 Å². The number of amides is 2. The predicted octanol–water partition coefficient (Wildman–Crippen LogP) is -0.0157. The number of rotatable bonds is 2. The number of primary amides is 1. The van der Waals surface area contributed by atoms with E-state index in [4.69, 9.17) is 4.91 Å². The van der Waals surface area contributed by atoms with Gasteiger partial charge in [-0.3, -0.25) is 4.72 Å². The number of urea groups is 1. The van der Waals surface area contributed by atoms with E-state index in [0.29, 0.717) is 12.1 Å². The molecule has 0 spiro atoms. The summed E-state index contributed by atoms with van der Waals surface area (Å²) in [6, 6.07) is -0.774. The topological polar surface area (TPSA) is 84.6 Å². The van der Waals surface area contributed by atoms with Gasteiger partial charge in [0.05, 0.1) is 0 Å². The minimum absolute atomic E-state index is 0.361. The number of hydrogen-bond acceptors (Lipinski definition) is 4. The molecule has 2 amide bonds. The Hall–Kier alpha value is -0.780. The lowest BCUT2D eigenvalue weighted by Crippen LogP contribution is -2.22. The van der Waals surface area contributed by atoms with E-state index < -0.39 is 6.03 Å². The van der Waals surface area contributed by atoms with Gasteiger partial charge in [-0.2, -0.15) is 0 Å². The molecule has 40 valence electrons. The Balaban J connectivity index is 2.97. The summed E-state index contributed by atoms with van der Waals surface area (Å²) in [4.78, 5) is 18.8. The molecular weight excluding hydrogens is 118 g/mol. The zero-order valence-electron chi connectivity index (χ0n) is 3.25. The summed E-state index contributed by atoms with van der Waals surface area (Å²) in [5.41, 5.74) is 4.51. The Morgan fingerprint density at radius 3 is 2.57 bits per heavy atom. The summed E-state index contributed by atoms with van der Waals surface area (Å²) in [6.45, 7) is 0. The Bertz CT molecular complexity index is 83.0. The lowest BCUT2D eigenvalue weighted by atomic mass is 11.2. The van der Waals surface area contributed by atoms with Crippen LogP contribution in [0.5, 0.6) is 0 Å². The van der Waals surface area contributed by atoms with Crippen LogP contribution in [0.1, 0.15) is 0 Å². The van der Waals surface area contributed by atoms with Crippen LogP contribution < -0.4 is 10.5 Å². The molecule has 0 heterocycles. The van der Waals surface area contributed by atoms with Crippen molar-refractivity contribution < 1.29 is 4.79 Å². The maximum absolute atomic E-state index is 9.65. The summed E-state index contributed by atoms with van der Waals surface area (Å²) < 4.78 is 4.10. The van der Waals surface area contributed by atoms with Crippen molar-refractivity contribution in [2.45, 2.75) is 0 Å². The van der Waals surface area contributed by atoms with Crippen LogP contribution in [0.15, 0.2) is 4.58 Å². The molecule has 0 aromatic carbocycles. The number of nitrogens with zero attached hydrogens (tertiary/aromatic N) is 1. The molecule has 0 aliphatic carbocycles. The first-order chi connectivity index (χ1) is 3.27. The lowest BCUT2D eigenvalue weighted by molar-refractivity contribution is 0.254. The highest BCUT2D eigenvalue weighted by Crippen LogP contribution is 1.88. The fourth-order valence-electron chi connectivity index (χ4n) is 0.0636. The molecule has 0 aliphatic heterocycles. The van der Waals surface area contributed by atoms with E-state index >= 15 is 0 Å². The molecule has 0 radical (unpaired) electrons. The van der Waals surface area contributed by atoms with Gasteiger partial charge in [0.1, 0.15) is 12.1 Å². The number of nitroso groups, excluding NO2 is 1. The monoisotopic (exact) mass is 121 g/mol. The Labute approximate surface area is 43.9 Å². The van der Waals surface area contributed by atoms with Crippen LogP contribution in [0, 0.1) is 4.91 Å². The second-order valence-electron chi connectivity index (χ2n) is 0.632. The van der Waals surface area contributed by atoms with Crippen LogP contribution in [-0.2, 0) is 0 Å². The number of carbonyl (C=O) groups excluding carboxylic acids is 1. The van der Waals surface area contributed by atoms with Crippen LogP contribution in [0.25, 0.3) is 0 Å². The van der Waals surface area contributed by atoms with E-state index in [1.165, 1.54) is 0 Å². The summed E-state index contributed by atoms with van der Waals surface area (Å²) in [5.74, 6) is 0. The zero-order valence-corrected chi connectivity index (χ0v) is 4.07. The normalized spacial score (nSPS) is 7.43. The SMILES string of the molecule is NC(=O)NSN=O. The average Bonchev–Trinajstić information content (AvgIpc) is 1.61. The van der Waals surface area contributed by atoms with Crippen molar-refractivity contribution in [3.05, 3.63) is 4.91 Å². The number of carbonyl (C=O) groups is 1. The summed E-state index contributed by atoms with van der Waals surface area (Å²) in [5, 5.41) is 0. The van der Waals surface area contributed by atoms with E-state index in [2.05, 4.69) is 10.3 Å². The van der Waals surface area contributed by atoms with E-state index in [9.17, 15) is 4.79 Å². The lowest BCUT2D eigenvalue weighted by Gasteiger charge is -1.84. The van der Waals surface area contributed by atoms with Gasteiger partial charge < -0.3 is 5.73 Å². The van der Waals surface area contributed by atoms with Gasteiger partial charge in [0.25, 0.3) is 0 Å². The minimum atomic E-state index is -0.774. The highest BCUT2D eigenvalue weighted by atomic mass is 32.2. The summed E-state index contributed by atoms with van der Waals surface area (Å²) in [6.07, 6.45) is 0. The fraction of sp³-hybridized carbons (Fsp3) is 0. The Kier molecular flexibility index (Phi) is 3.03. The molecule has 0 fully saturated rings. The first-order valence-corrected chi connectivity index (χ1v) is 2.09. The smallest absolute Gasteiger partial charge is 0.323 e. The van der Waals surface area contributed by atoms with Crippen molar-refractivity contribution in [3.8, 4) is 0 Å². The third kappa shape index (κ3) is 5.22. The molecule has 6 heteroatoms. The van der Waals surface area contributed by atoms with Crippen molar-refractivity contribution in [2.24, 2.45) is 10.3 Å². The highest BCUT2D eigenvalue weighted by Gasteiger charge is 1.86. The Morgan fingerprint density at radius 2 is 2.43 bits per heavy atom. The fourth-order valence-corrected chi connectivity index (χ4v) is 0.191. The summed E-state index contributed by atoms with van der Waals surface area (Å²) >= 11 is 0.361. The second-order valence-corrected chi connectivity index (χ2v) is 1.17. The van der Waals surface area contributed by atoms with Crippen LogP contribution in [-0.4, -0.2) is 6.03 Å². The quantitative estimate of drug-likeness (QED) is 0.398. The van der Waals surface area contributed by atoms with Gasteiger partial charge >= 0.3 is 6.03 Å². The third-order valence-corrected chi connectivity index (χ3v) is 0.551. The zero-order chi connectivity index (χ0) is 5.70. The molecule has 0 aromatic heterocycles. The van der Waals surface area contributed by atoms with Crippen molar-refractivity contribution in [1.29, 1.82) is 0 Å². The first-order valence-electron chi connectivity index (χ1n) is 1.31. The molecule has 0 aromatic rings. The van der Waals surface area contributed by atoms with Gasteiger partial charge in [0, 0.05) is 4.58 Å². The Morgan fingerprint density at radius 1 is 1.86 bits per heavy atom. The molecule has 7 heavy (non-hydrogen) atoms. The summed E-state index contributed by atoms with van der Waals surface area (Å²) in [7, 11) is 0. The third-order valence-electron chi connectivity index (χ3n) is 0.184. The van der Waals surface area contributed by atoms with Crippen molar-refractivity contribution in [1.82, 2.24) is 4.72 Å². The van der Waals surface area contributed by atoms with Crippen molar-refractivity contribution in [3.63, 3.8) is 0 Å². The highest BCUT2D eigenvalue weighted by molar-refractivity contribution is 7.96. The number of nitrogens with one attached hydrogen (secondary N) is 1. The van der Waals surface area contributed by atoms with Gasteiger partial charge in [0.15, 0.2) is 0 Å². The number of nitrogens with two attached hydrogens (primary N) is 1. The van der Waals surface area contributed by atoms with Gasteiger partial charge in [0.2, 0.25) is 0 Å². The first kappa shape index (κ1) is 6.22. The molecule has 0 rings (SSSR count). The van der Waals surface area contributed by atoms with Gasteiger partial charge in [-0.1, -0.05) is 0 Å². The largest absolute Gasteiger partial charge is 0.351 e. The maximum Gasteiger partial charge on any atom is 0.323 e. The molecule has 0 atom stereocenters. The van der Waals surface area contributed by atoms with Crippen molar-refractivity contribution >= 4 is 18.2 Å². The van der Waals surface area contributed by atoms with Crippen LogP contribution in [0.3, 0.4) is 0 Å². The van der Waals surface area contributed by atoms with E-state index in [0.717, 1.165) is 0 Å². The van der Waals surface area contributed by atoms with Crippen molar-refractivity contribution in [2.75, 3.05) is 0 Å². The average molecular weight is 121 g/mol. The molecule has 3 N–H and O–H groups in total. The van der Waals surface area contributed by atoms with Gasteiger partial charge in [-0.25, -0.2) is 4.79 Å². The van der Waals surface area contributed by atoms with Crippen LogP contribution in [0.2, 0.25) is 0 Å². The number of hydrogen-bond donors (Lipinski definition) is 2. The second kappa shape index (κ2) is 3.41. The predicted molar refractivity (Wildman–Crippen MR) is 26.1 cm³/mol. The minimum Gasteiger partial charge on any atom is -0.351 e. The van der Waals surface area contributed by atoms with Crippen LogP contribution >= 0.6 is 12.1 Å². The molecular formula is CH3N3O2S. The van der Waals surface area contributed by atoms with E-state index in [1.54, 1.807) is 0 Å². The molecule has 0 aliphatic rings. The molecule has 0 unspecified atom stereocenters. The maximum atomic E-state index is 9.65. The van der Waals surface area contributed by atoms with E-state index in [1.807, 2.05) is 4.72 Å². The molecule has 5 nitrogen and oxygen atoms in total. The van der Waals surface area contributed by atoms with Gasteiger partial charge in [-0.15, -0.1) is 4.91 Å². The van der Waals surface area contributed by atoms with Gasteiger partial charge in [-0.05, 0) is 0 Å². The molecule has 0 saturated carbocycles. The molecule has 0 saturated heterocycles. The standard InChI is InChI=1S/CH3N3O2S/c2-1(5)3-7-4-6/h(H3,2,3,5).